The van der Waals surface area contributed by atoms with Crippen molar-refractivity contribution in [2.24, 2.45) is 0 Å². The Morgan fingerprint density at radius 1 is 1.15 bits per heavy atom. The topological polar surface area (TPSA) is 58.6 Å². The zero-order valence-corrected chi connectivity index (χ0v) is 13.4. The second-order valence-electron chi connectivity index (χ2n) is 4.98. The number of nitrogens with one attached hydrogen (secondary N) is 1. The zero-order chi connectivity index (χ0) is 14.7. The van der Waals surface area contributed by atoms with Gasteiger partial charge in [-0.25, -0.2) is 0 Å². The third-order valence-electron chi connectivity index (χ3n) is 3.72. The number of nitrogens with zero attached hydrogens (tertiary/aromatic N) is 1. The lowest BCUT2D eigenvalue weighted by atomic mass is 9.95. The Morgan fingerprint density at radius 2 is 1.75 bits per heavy atom. The van der Waals surface area contributed by atoms with Crippen LogP contribution in [-0.4, -0.2) is 55.9 Å². The molecule has 1 saturated heterocycles. The first kappa shape index (κ1) is 15.4. The maximum absolute atomic E-state index is 12.2. The van der Waals surface area contributed by atoms with Crippen LogP contribution in [0.1, 0.15) is 13.8 Å². The second-order valence-corrected chi connectivity index (χ2v) is 5.77. The molecule has 0 aromatic rings. The first-order valence-corrected chi connectivity index (χ1v) is 7.52. The molecule has 6 heteroatoms. The largest absolute Gasteiger partial charge is 0.380 e. The molecule has 2 aliphatic rings. The Kier molecular flexibility index (Phi) is 5.12. The van der Waals surface area contributed by atoms with E-state index in [-0.39, 0.29) is 11.6 Å². The van der Waals surface area contributed by atoms with Gasteiger partial charge in [-0.3, -0.25) is 14.5 Å². The summed E-state index contributed by atoms with van der Waals surface area (Å²) >= 11 is 3.23. The van der Waals surface area contributed by atoms with Crippen molar-refractivity contribution in [2.45, 2.75) is 13.8 Å². The molecule has 1 N–H and O–H groups in total. The summed E-state index contributed by atoms with van der Waals surface area (Å²) in [4.78, 5) is 26.4. The fourth-order valence-corrected chi connectivity index (χ4v) is 2.85. The van der Waals surface area contributed by atoms with E-state index >= 15 is 0 Å². The van der Waals surface area contributed by atoms with Crippen molar-refractivity contribution in [3.63, 3.8) is 0 Å². The van der Waals surface area contributed by atoms with Gasteiger partial charge in [-0.15, -0.1) is 0 Å². The summed E-state index contributed by atoms with van der Waals surface area (Å²) in [5, 5.41) is 3.10. The highest BCUT2D eigenvalue weighted by Gasteiger charge is 2.28. The van der Waals surface area contributed by atoms with E-state index in [0.29, 0.717) is 27.9 Å². The molecule has 1 heterocycles. The van der Waals surface area contributed by atoms with Gasteiger partial charge in [0.2, 0.25) is 5.78 Å². The van der Waals surface area contributed by atoms with Gasteiger partial charge in [0.05, 0.1) is 17.7 Å². The van der Waals surface area contributed by atoms with Gasteiger partial charge in [0.15, 0.2) is 5.78 Å². The number of carbonyl (C=O) groups excluding carboxylic acids is 2. The Hall–Kier alpha value is -0.980. The second kappa shape index (κ2) is 6.65. The predicted octanol–water partition coefficient (Wildman–Crippen LogP) is 1.00. The van der Waals surface area contributed by atoms with Crippen molar-refractivity contribution in [1.29, 1.82) is 0 Å². The molecule has 110 valence electrons. The zero-order valence-electron chi connectivity index (χ0n) is 11.8. The molecule has 0 bridgehead atoms. The van der Waals surface area contributed by atoms with E-state index in [1.165, 1.54) is 0 Å². The first-order chi connectivity index (χ1) is 9.52. The monoisotopic (exact) mass is 342 g/mol. The quantitative estimate of drug-likeness (QED) is 0.772. The van der Waals surface area contributed by atoms with Gasteiger partial charge in [0.25, 0.3) is 0 Å². The number of hydrogen-bond acceptors (Lipinski definition) is 5. The van der Waals surface area contributed by atoms with Crippen LogP contribution in [0, 0.1) is 0 Å². The van der Waals surface area contributed by atoms with E-state index in [4.69, 9.17) is 4.74 Å². The van der Waals surface area contributed by atoms with Crippen LogP contribution >= 0.6 is 15.9 Å². The Bertz CT molecular complexity index is 491. The minimum absolute atomic E-state index is 0.101. The normalized spacial score (nSPS) is 21.8. The molecular weight excluding hydrogens is 324 g/mol. The van der Waals surface area contributed by atoms with Crippen LogP contribution < -0.4 is 5.32 Å². The van der Waals surface area contributed by atoms with Gasteiger partial charge in [-0.1, -0.05) is 0 Å². The molecule has 0 atom stereocenters. The molecule has 2 rings (SSSR count). The van der Waals surface area contributed by atoms with Gasteiger partial charge in [0, 0.05) is 37.3 Å². The third kappa shape index (κ3) is 3.19. The molecule has 0 amide bonds. The van der Waals surface area contributed by atoms with E-state index in [9.17, 15) is 9.59 Å². The maximum atomic E-state index is 12.2. The number of halogens is 1. The van der Waals surface area contributed by atoms with Crippen LogP contribution in [0.15, 0.2) is 21.3 Å². The summed E-state index contributed by atoms with van der Waals surface area (Å²) in [6, 6.07) is 0. The molecule has 1 aliphatic carbocycles. The van der Waals surface area contributed by atoms with Crippen molar-refractivity contribution in [2.75, 3.05) is 39.4 Å². The lowest BCUT2D eigenvalue weighted by Crippen LogP contribution is -2.41. The molecule has 0 aromatic carbocycles. The van der Waals surface area contributed by atoms with Gasteiger partial charge < -0.3 is 10.1 Å². The van der Waals surface area contributed by atoms with Crippen LogP contribution in [0.5, 0.6) is 0 Å². The van der Waals surface area contributed by atoms with E-state index in [1.807, 2.05) is 0 Å². The number of Topliss-reactive ketones (excluding diaryl/α,β-unsaturated/α-hetero) is 2. The molecule has 20 heavy (non-hydrogen) atoms. The van der Waals surface area contributed by atoms with Crippen LogP contribution in [0.25, 0.3) is 0 Å². The standard InChI is InChI=1S/C14H19BrN2O3/c1-9-10(2)14(19)12(11(15)13(9)18)16-3-4-17-5-7-20-8-6-17/h16H,3-8H2,1-2H3. The predicted molar refractivity (Wildman–Crippen MR) is 79.6 cm³/mol. The van der Waals surface area contributed by atoms with Crippen molar-refractivity contribution < 1.29 is 14.3 Å². The highest BCUT2D eigenvalue weighted by atomic mass is 79.9. The van der Waals surface area contributed by atoms with Crippen LogP contribution in [-0.2, 0) is 14.3 Å². The minimum atomic E-state index is -0.115. The van der Waals surface area contributed by atoms with Crippen molar-refractivity contribution >= 4 is 27.5 Å². The molecule has 0 unspecified atom stereocenters. The summed E-state index contributed by atoms with van der Waals surface area (Å²) in [5.41, 5.74) is 1.42. The first-order valence-electron chi connectivity index (χ1n) is 6.73. The molecule has 5 nitrogen and oxygen atoms in total. The number of morpholine rings is 1. The Labute approximate surface area is 127 Å². The summed E-state index contributed by atoms with van der Waals surface area (Å²) in [6.07, 6.45) is 0. The van der Waals surface area contributed by atoms with Crippen molar-refractivity contribution in [1.82, 2.24) is 10.2 Å². The smallest absolute Gasteiger partial charge is 0.206 e. The highest BCUT2D eigenvalue weighted by Crippen LogP contribution is 2.26. The fraction of sp³-hybridized carbons (Fsp3) is 0.571. The SMILES string of the molecule is CC1=C(C)C(=O)C(NCCN2CCOCC2)=C(Br)C1=O. The number of ether oxygens (including phenoxy) is 1. The Morgan fingerprint density at radius 3 is 2.40 bits per heavy atom. The van der Waals surface area contributed by atoms with E-state index in [2.05, 4.69) is 26.1 Å². The van der Waals surface area contributed by atoms with Crippen LogP contribution in [0.4, 0.5) is 0 Å². The van der Waals surface area contributed by atoms with Gasteiger partial charge in [0.1, 0.15) is 5.70 Å². The fourth-order valence-electron chi connectivity index (χ4n) is 2.23. The minimum Gasteiger partial charge on any atom is -0.380 e. The van der Waals surface area contributed by atoms with E-state index in [1.54, 1.807) is 13.8 Å². The molecule has 0 spiro atoms. The molecule has 1 aliphatic heterocycles. The van der Waals surface area contributed by atoms with Gasteiger partial charge in [-0.2, -0.15) is 0 Å². The number of hydrogen-bond donors (Lipinski definition) is 1. The number of carbonyl (C=O) groups is 2. The molecule has 0 aromatic heterocycles. The maximum Gasteiger partial charge on any atom is 0.206 e. The molecule has 1 fully saturated rings. The summed E-state index contributed by atoms with van der Waals surface area (Å²) < 4.78 is 5.63. The number of rotatable bonds is 4. The van der Waals surface area contributed by atoms with E-state index < -0.39 is 0 Å². The summed E-state index contributed by atoms with van der Waals surface area (Å²) in [5.74, 6) is -0.216. The van der Waals surface area contributed by atoms with Gasteiger partial charge >= 0.3 is 0 Å². The molecule has 0 saturated carbocycles. The third-order valence-corrected chi connectivity index (χ3v) is 4.48. The van der Waals surface area contributed by atoms with Crippen LogP contribution in [0.3, 0.4) is 0 Å². The number of allylic oxidation sites excluding steroid dienone is 3. The van der Waals surface area contributed by atoms with Crippen LogP contribution in [0.2, 0.25) is 0 Å². The summed E-state index contributed by atoms with van der Waals surface area (Å²) in [7, 11) is 0. The molecule has 0 radical (unpaired) electrons. The van der Waals surface area contributed by atoms with Crippen molar-refractivity contribution in [3.05, 3.63) is 21.3 Å². The lowest BCUT2D eigenvalue weighted by Gasteiger charge is -2.27. The average molecular weight is 343 g/mol. The van der Waals surface area contributed by atoms with Gasteiger partial charge in [-0.05, 0) is 29.8 Å². The highest BCUT2D eigenvalue weighted by molar-refractivity contribution is 9.12. The Balaban J connectivity index is 1.94. The van der Waals surface area contributed by atoms with E-state index in [0.717, 1.165) is 32.8 Å². The molecular formula is C14H19BrN2O3. The number of ketones is 2. The van der Waals surface area contributed by atoms with Crippen molar-refractivity contribution in [3.8, 4) is 0 Å². The summed E-state index contributed by atoms with van der Waals surface area (Å²) in [6.45, 7) is 8.17. The lowest BCUT2D eigenvalue weighted by molar-refractivity contribution is -0.116. The average Bonchev–Trinajstić information content (AvgIpc) is 2.48.